The molecule has 3 nitrogen and oxygen atoms in total. The summed E-state index contributed by atoms with van der Waals surface area (Å²) < 4.78 is 0. The maximum absolute atomic E-state index is 11.2. The van der Waals surface area contributed by atoms with E-state index in [1.807, 2.05) is 23.5 Å². The van der Waals surface area contributed by atoms with Crippen molar-refractivity contribution in [3.63, 3.8) is 0 Å². The van der Waals surface area contributed by atoms with Gasteiger partial charge in [0.05, 0.1) is 0 Å². The lowest BCUT2D eigenvalue weighted by atomic mass is 9.89. The maximum atomic E-state index is 11.2. The molecular formula is C20H26N2OS. The van der Waals surface area contributed by atoms with Gasteiger partial charge >= 0.3 is 0 Å². The van der Waals surface area contributed by atoms with Gasteiger partial charge in [-0.1, -0.05) is 25.1 Å². The van der Waals surface area contributed by atoms with E-state index < -0.39 is 0 Å². The van der Waals surface area contributed by atoms with E-state index in [0.29, 0.717) is 11.8 Å². The number of carbonyl (C=O) groups excluding carboxylic acids is 1. The molecule has 1 aliphatic rings. The molecule has 3 rings (SSSR count). The topological polar surface area (TPSA) is 32.3 Å². The molecule has 0 radical (unpaired) electrons. The smallest absolute Gasteiger partial charge is 0.221 e. The Morgan fingerprint density at radius 2 is 2.08 bits per heavy atom. The van der Waals surface area contributed by atoms with Crippen LogP contribution in [0.5, 0.6) is 0 Å². The summed E-state index contributed by atoms with van der Waals surface area (Å²) in [5, 5.41) is 5.05. The Balaban J connectivity index is 1.54. The van der Waals surface area contributed by atoms with Crippen molar-refractivity contribution >= 4 is 22.9 Å². The average Bonchev–Trinajstić information content (AvgIpc) is 3.10. The van der Waals surface area contributed by atoms with Crippen LogP contribution in [0.4, 0.5) is 5.69 Å². The predicted molar refractivity (Wildman–Crippen MR) is 102 cm³/mol. The van der Waals surface area contributed by atoms with Crippen molar-refractivity contribution < 1.29 is 4.79 Å². The van der Waals surface area contributed by atoms with Gasteiger partial charge in [-0.05, 0) is 61.0 Å². The first kappa shape index (κ1) is 17.2. The molecular weight excluding hydrogens is 316 g/mol. The fourth-order valence-electron chi connectivity index (χ4n) is 3.57. The molecule has 1 fully saturated rings. The number of amides is 1. The number of rotatable bonds is 5. The lowest BCUT2D eigenvalue weighted by Gasteiger charge is -2.33. The molecule has 1 atom stereocenters. The number of benzene rings is 1. The van der Waals surface area contributed by atoms with E-state index in [9.17, 15) is 4.79 Å². The van der Waals surface area contributed by atoms with E-state index in [-0.39, 0.29) is 5.91 Å². The number of anilines is 1. The van der Waals surface area contributed by atoms with E-state index in [0.717, 1.165) is 25.3 Å². The van der Waals surface area contributed by atoms with Crippen LogP contribution in [-0.4, -0.2) is 30.4 Å². The Bertz CT molecular complexity index is 660. The average molecular weight is 343 g/mol. The fraction of sp³-hybridized carbons (Fsp3) is 0.450. The van der Waals surface area contributed by atoms with Crippen LogP contribution in [0.15, 0.2) is 41.8 Å². The van der Waals surface area contributed by atoms with Gasteiger partial charge in [0.15, 0.2) is 0 Å². The van der Waals surface area contributed by atoms with Crippen LogP contribution in [0.1, 0.15) is 49.0 Å². The summed E-state index contributed by atoms with van der Waals surface area (Å²) in [5.74, 6) is 1.21. The minimum atomic E-state index is -0.00969. The van der Waals surface area contributed by atoms with E-state index in [1.54, 1.807) is 6.92 Å². The molecule has 2 aromatic rings. The van der Waals surface area contributed by atoms with Crippen LogP contribution < -0.4 is 5.32 Å². The second kappa shape index (κ2) is 7.95. The summed E-state index contributed by atoms with van der Waals surface area (Å²) in [6.07, 6.45) is 2.39. The van der Waals surface area contributed by atoms with Crippen molar-refractivity contribution in [1.82, 2.24) is 4.90 Å². The molecule has 1 aromatic carbocycles. The summed E-state index contributed by atoms with van der Waals surface area (Å²) in [4.78, 5) is 15.3. The van der Waals surface area contributed by atoms with Crippen molar-refractivity contribution in [3.8, 4) is 0 Å². The van der Waals surface area contributed by atoms with Crippen molar-refractivity contribution in [2.24, 2.45) is 0 Å². The first-order chi connectivity index (χ1) is 11.6. The highest BCUT2D eigenvalue weighted by molar-refractivity contribution is 7.10. The molecule has 4 heteroatoms. The first-order valence-corrected chi connectivity index (χ1v) is 9.63. The van der Waals surface area contributed by atoms with Crippen LogP contribution in [0, 0.1) is 0 Å². The van der Waals surface area contributed by atoms with Crippen molar-refractivity contribution in [1.29, 1.82) is 0 Å². The molecule has 1 amide bonds. The van der Waals surface area contributed by atoms with E-state index in [1.165, 1.54) is 23.3 Å². The van der Waals surface area contributed by atoms with Crippen LogP contribution in [0.2, 0.25) is 0 Å². The Labute approximate surface area is 148 Å². The molecule has 0 saturated carbocycles. The summed E-state index contributed by atoms with van der Waals surface area (Å²) in [5.41, 5.74) is 2.26. The number of hydrogen-bond donors (Lipinski definition) is 1. The number of thiophene rings is 1. The minimum Gasteiger partial charge on any atom is -0.326 e. The molecule has 24 heavy (non-hydrogen) atoms. The minimum absolute atomic E-state index is 0.00969. The SMILES string of the molecule is CC(=O)Nc1cccc(C2CCN(CC(C)c3cccs3)CC2)c1. The number of likely N-dealkylation sites (tertiary alicyclic amines) is 1. The zero-order valence-corrected chi connectivity index (χ0v) is 15.3. The molecule has 2 heterocycles. The first-order valence-electron chi connectivity index (χ1n) is 8.75. The van der Waals surface area contributed by atoms with Crippen LogP contribution in [0.25, 0.3) is 0 Å². The molecule has 0 spiro atoms. The zero-order chi connectivity index (χ0) is 16.9. The molecule has 1 aliphatic heterocycles. The third-order valence-electron chi connectivity index (χ3n) is 4.83. The van der Waals surface area contributed by atoms with Gasteiger partial charge in [-0.3, -0.25) is 4.79 Å². The van der Waals surface area contributed by atoms with Gasteiger partial charge in [0.2, 0.25) is 5.91 Å². The molecule has 0 aliphatic carbocycles. The third-order valence-corrected chi connectivity index (χ3v) is 5.93. The van der Waals surface area contributed by atoms with Crippen molar-refractivity contribution in [2.75, 3.05) is 25.0 Å². The van der Waals surface area contributed by atoms with Gasteiger partial charge in [-0.2, -0.15) is 0 Å². The second-order valence-electron chi connectivity index (χ2n) is 6.80. The van der Waals surface area contributed by atoms with Gasteiger partial charge in [0.25, 0.3) is 0 Å². The van der Waals surface area contributed by atoms with Gasteiger partial charge in [0.1, 0.15) is 0 Å². The standard InChI is InChI=1S/C20H26N2OS/c1-15(20-7-4-12-24-20)14-22-10-8-17(9-11-22)18-5-3-6-19(13-18)21-16(2)23/h3-7,12-13,15,17H,8-11,14H2,1-2H3,(H,21,23). The van der Waals surface area contributed by atoms with Crippen LogP contribution in [0.3, 0.4) is 0 Å². The van der Waals surface area contributed by atoms with Gasteiger partial charge in [-0.15, -0.1) is 11.3 Å². The highest BCUT2D eigenvalue weighted by Crippen LogP contribution is 2.31. The highest BCUT2D eigenvalue weighted by atomic mass is 32.1. The molecule has 0 bridgehead atoms. The Hall–Kier alpha value is -1.65. The number of piperidine rings is 1. The van der Waals surface area contributed by atoms with E-state index >= 15 is 0 Å². The molecule has 1 unspecified atom stereocenters. The number of nitrogens with zero attached hydrogens (tertiary/aromatic N) is 1. The molecule has 1 N–H and O–H groups in total. The largest absolute Gasteiger partial charge is 0.326 e. The van der Waals surface area contributed by atoms with E-state index in [2.05, 4.69) is 46.8 Å². The Kier molecular flexibility index (Phi) is 5.69. The summed E-state index contributed by atoms with van der Waals surface area (Å²) >= 11 is 1.86. The normalized spacial score (nSPS) is 17.6. The Morgan fingerprint density at radius 3 is 2.75 bits per heavy atom. The lowest BCUT2D eigenvalue weighted by Crippen LogP contribution is -2.35. The predicted octanol–water partition coefficient (Wildman–Crippen LogP) is 4.69. The molecule has 1 saturated heterocycles. The molecule has 128 valence electrons. The number of hydrogen-bond acceptors (Lipinski definition) is 3. The van der Waals surface area contributed by atoms with Crippen LogP contribution >= 0.6 is 11.3 Å². The summed E-state index contributed by atoms with van der Waals surface area (Å²) in [6.45, 7) is 7.35. The molecule has 1 aromatic heterocycles. The van der Waals surface area contributed by atoms with Gasteiger partial charge in [-0.25, -0.2) is 0 Å². The summed E-state index contributed by atoms with van der Waals surface area (Å²) in [6, 6.07) is 12.7. The second-order valence-corrected chi connectivity index (χ2v) is 7.78. The number of carbonyl (C=O) groups is 1. The van der Waals surface area contributed by atoms with Crippen molar-refractivity contribution in [3.05, 3.63) is 52.2 Å². The zero-order valence-electron chi connectivity index (χ0n) is 14.5. The number of nitrogens with one attached hydrogen (secondary N) is 1. The van der Waals surface area contributed by atoms with Gasteiger partial charge < -0.3 is 10.2 Å². The quantitative estimate of drug-likeness (QED) is 0.855. The lowest BCUT2D eigenvalue weighted by molar-refractivity contribution is -0.114. The fourth-order valence-corrected chi connectivity index (χ4v) is 4.35. The summed E-state index contributed by atoms with van der Waals surface area (Å²) in [7, 11) is 0. The van der Waals surface area contributed by atoms with Crippen LogP contribution in [-0.2, 0) is 4.79 Å². The maximum Gasteiger partial charge on any atom is 0.221 e. The third kappa shape index (κ3) is 4.46. The highest BCUT2D eigenvalue weighted by Gasteiger charge is 2.22. The monoisotopic (exact) mass is 342 g/mol. The Morgan fingerprint density at radius 1 is 1.29 bits per heavy atom. The van der Waals surface area contributed by atoms with E-state index in [4.69, 9.17) is 0 Å². The van der Waals surface area contributed by atoms with Crippen molar-refractivity contribution in [2.45, 2.75) is 38.5 Å². The van der Waals surface area contributed by atoms with Gasteiger partial charge in [0, 0.05) is 30.0 Å².